The smallest absolute Gasteiger partial charge is 0.216 e. The highest BCUT2D eigenvalue weighted by Gasteiger charge is 1.99. The summed E-state index contributed by atoms with van der Waals surface area (Å²) in [6, 6.07) is 11.0. The zero-order valence-electron chi connectivity index (χ0n) is 8.66. The van der Waals surface area contributed by atoms with Crippen LogP contribution in [0, 0.1) is 6.07 Å². The number of carbonyl (C=O) groups excluding carboxylic acids is 1. The van der Waals surface area contributed by atoms with Gasteiger partial charge in [-0.25, -0.2) is 0 Å². The molecule has 2 aromatic rings. The minimum Gasteiger partial charge on any atom is -0.355 e. The molecule has 1 N–H and O–H groups in total. The van der Waals surface area contributed by atoms with E-state index in [1.54, 1.807) is 0 Å². The van der Waals surface area contributed by atoms with Crippen LogP contribution in [0.5, 0.6) is 0 Å². The largest absolute Gasteiger partial charge is 0.355 e. The predicted octanol–water partition coefficient (Wildman–Crippen LogP) is 1.58. The van der Waals surface area contributed by atoms with Gasteiger partial charge < -0.3 is 9.88 Å². The summed E-state index contributed by atoms with van der Waals surface area (Å²) in [6.07, 6.45) is 2.03. The van der Waals surface area contributed by atoms with Crippen molar-refractivity contribution in [2.75, 3.05) is 6.54 Å². The zero-order chi connectivity index (χ0) is 10.7. The van der Waals surface area contributed by atoms with Crippen molar-refractivity contribution in [2.24, 2.45) is 0 Å². The molecule has 15 heavy (non-hydrogen) atoms. The minimum atomic E-state index is 0.0137. The maximum atomic E-state index is 10.7. The second-order valence-electron chi connectivity index (χ2n) is 3.48. The first-order chi connectivity index (χ1) is 7.27. The molecule has 1 heterocycles. The van der Waals surface area contributed by atoms with Crippen LogP contribution in [-0.4, -0.2) is 17.0 Å². The van der Waals surface area contributed by atoms with E-state index in [1.807, 2.05) is 24.4 Å². The Morgan fingerprint density at radius 3 is 3.20 bits per heavy atom. The number of hydrogen-bond donors (Lipinski definition) is 1. The van der Waals surface area contributed by atoms with E-state index in [1.165, 1.54) is 17.8 Å². The lowest BCUT2D eigenvalue weighted by molar-refractivity contribution is -0.118. The average molecular weight is 201 g/mol. The molecule has 0 unspecified atom stereocenters. The fourth-order valence-electron chi connectivity index (χ4n) is 1.63. The monoisotopic (exact) mass is 201 g/mol. The first-order valence-corrected chi connectivity index (χ1v) is 4.97. The Balaban J connectivity index is 2.11. The Labute approximate surface area is 88.7 Å². The zero-order valence-corrected chi connectivity index (χ0v) is 8.66. The molecule has 0 saturated carbocycles. The summed E-state index contributed by atoms with van der Waals surface area (Å²) in [7, 11) is 0. The van der Waals surface area contributed by atoms with Crippen molar-refractivity contribution in [2.45, 2.75) is 13.5 Å². The lowest BCUT2D eigenvalue weighted by atomic mass is 10.2. The molecule has 0 fully saturated rings. The summed E-state index contributed by atoms with van der Waals surface area (Å²) in [5.41, 5.74) is 1.18. The van der Waals surface area contributed by atoms with Gasteiger partial charge >= 0.3 is 0 Å². The van der Waals surface area contributed by atoms with Gasteiger partial charge in [0.05, 0.1) is 0 Å². The summed E-state index contributed by atoms with van der Waals surface area (Å²) >= 11 is 0. The van der Waals surface area contributed by atoms with E-state index in [4.69, 9.17) is 0 Å². The summed E-state index contributed by atoms with van der Waals surface area (Å²) in [5.74, 6) is 0.0137. The van der Waals surface area contributed by atoms with Crippen LogP contribution >= 0.6 is 0 Å². The van der Waals surface area contributed by atoms with Gasteiger partial charge in [-0.2, -0.15) is 0 Å². The highest BCUT2D eigenvalue weighted by atomic mass is 16.1. The molecule has 0 bridgehead atoms. The fraction of sp³-hybridized carbons (Fsp3) is 0.250. The Hall–Kier alpha value is -1.77. The van der Waals surface area contributed by atoms with Crippen LogP contribution in [0.3, 0.4) is 0 Å². The van der Waals surface area contributed by atoms with Crippen molar-refractivity contribution < 1.29 is 4.79 Å². The third-order valence-corrected chi connectivity index (χ3v) is 2.34. The summed E-state index contributed by atoms with van der Waals surface area (Å²) in [4.78, 5) is 10.7. The number of fused-ring (bicyclic) bond motifs is 1. The lowest BCUT2D eigenvalue weighted by Gasteiger charge is -2.05. The van der Waals surface area contributed by atoms with Crippen molar-refractivity contribution >= 4 is 16.8 Å². The third-order valence-electron chi connectivity index (χ3n) is 2.34. The van der Waals surface area contributed by atoms with E-state index in [0.717, 1.165) is 6.54 Å². The van der Waals surface area contributed by atoms with Gasteiger partial charge in [0.25, 0.3) is 0 Å². The van der Waals surface area contributed by atoms with Crippen LogP contribution in [-0.2, 0) is 11.3 Å². The Morgan fingerprint density at radius 2 is 2.40 bits per heavy atom. The van der Waals surface area contributed by atoms with Gasteiger partial charge in [0, 0.05) is 37.1 Å². The van der Waals surface area contributed by atoms with E-state index in [-0.39, 0.29) is 5.91 Å². The number of carbonyl (C=O) groups is 1. The quantitative estimate of drug-likeness (QED) is 0.803. The molecule has 3 heteroatoms. The highest BCUT2D eigenvalue weighted by molar-refractivity contribution is 5.79. The minimum absolute atomic E-state index is 0.0137. The molecule has 2 rings (SSSR count). The van der Waals surface area contributed by atoms with Gasteiger partial charge in [-0.3, -0.25) is 4.79 Å². The number of benzene rings is 1. The molecule has 0 spiro atoms. The van der Waals surface area contributed by atoms with E-state index >= 15 is 0 Å². The Kier molecular flexibility index (Phi) is 2.72. The summed E-state index contributed by atoms with van der Waals surface area (Å²) in [5, 5.41) is 3.96. The molecule has 0 aliphatic rings. The average Bonchev–Trinajstić information content (AvgIpc) is 2.62. The molecular formula is C12H13N2O. The topological polar surface area (TPSA) is 34.0 Å². The van der Waals surface area contributed by atoms with Gasteiger partial charge in [-0.1, -0.05) is 6.07 Å². The van der Waals surface area contributed by atoms with Gasteiger partial charge in [-0.05, 0) is 24.3 Å². The van der Waals surface area contributed by atoms with Crippen molar-refractivity contribution in [3.8, 4) is 0 Å². The molecular weight excluding hydrogens is 188 g/mol. The molecule has 1 aromatic carbocycles. The maximum absolute atomic E-state index is 10.7. The highest BCUT2D eigenvalue weighted by Crippen LogP contribution is 2.13. The van der Waals surface area contributed by atoms with Crippen molar-refractivity contribution in [3.63, 3.8) is 0 Å². The van der Waals surface area contributed by atoms with Crippen LogP contribution < -0.4 is 5.32 Å². The maximum Gasteiger partial charge on any atom is 0.216 e. The predicted molar refractivity (Wildman–Crippen MR) is 59.5 cm³/mol. The number of amides is 1. The molecule has 3 nitrogen and oxygen atoms in total. The van der Waals surface area contributed by atoms with Gasteiger partial charge in [0.1, 0.15) is 0 Å². The fourth-order valence-corrected chi connectivity index (χ4v) is 1.63. The van der Waals surface area contributed by atoms with Crippen molar-refractivity contribution in [1.82, 2.24) is 9.88 Å². The van der Waals surface area contributed by atoms with Gasteiger partial charge in [0.2, 0.25) is 5.91 Å². The van der Waals surface area contributed by atoms with Crippen LogP contribution in [0.15, 0.2) is 30.5 Å². The standard InChI is InChI=1S/C12H13N2O/c1-10(15)13-7-9-14-8-6-11-4-2-3-5-12(11)14/h3-6,8H,7,9H2,1H3,(H,13,15). The molecule has 1 aromatic heterocycles. The Morgan fingerprint density at radius 1 is 1.53 bits per heavy atom. The molecule has 0 aliphatic carbocycles. The first-order valence-electron chi connectivity index (χ1n) is 4.97. The van der Waals surface area contributed by atoms with Gasteiger partial charge in [0.15, 0.2) is 0 Å². The summed E-state index contributed by atoms with van der Waals surface area (Å²) in [6.45, 7) is 2.99. The van der Waals surface area contributed by atoms with E-state index in [9.17, 15) is 4.79 Å². The molecule has 0 saturated heterocycles. The first kappa shape index (κ1) is 9.77. The number of nitrogens with zero attached hydrogens (tertiary/aromatic N) is 1. The normalized spacial score (nSPS) is 10.5. The van der Waals surface area contributed by atoms with Crippen LogP contribution in [0.2, 0.25) is 0 Å². The van der Waals surface area contributed by atoms with E-state index in [2.05, 4.69) is 22.0 Å². The molecule has 1 amide bonds. The number of nitrogens with one attached hydrogen (secondary N) is 1. The Bertz CT molecular complexity index is 473. The summed E-state index contributed by atoms with van der Waals surface area (Å²) < 4.78 is 2.12. The van der Waals surface area contributed by atoms with Crippen LogP contribution in [0.4, 0.5) is 0 Å². The van der Waals surface area contributed by atoms with Crippen LogP contribution in [0.25, 0.3) is 10.9 Å². The molecule has 0 aliphatic heterocycles. The second kappa shape index (κ2) is 4.17. The third kappa shape index (κ3) is 2.18. The molecule has 0 atom stereocenters. The molecule has 77 valence electrons. The number of aromatic nitrogens is 1. The second-order valence-corrected chi connectivity index (χ2v) is 3.48. The van der Waals surface area contributed by atoms with Crippen molar-refractivity contribution in [3.05, 3.63) is 36.5 Å². The lowest BCUT2D eigenvalue weighted by Crippen LogP contribution is -2.24. The number of hydrogen-bond acceptors (Lipinski definition) is 1. The van der Waals surface area contributed by atoms with E-state index < -0.39 is 0 Å². The van der Waals surface area contributed by atoms with Gasteiger partial charge in [-0.15, -0.1) is 0 Å². The van der Waals surface area contributed by atoms with Crippen molar-refractivity contribution in [1.29, 1.82) is 0 Å². The van der Waals surface area contributed by atoms with E-state index in [0.29, 0.717) is 6.54 Å². The molecule has 1 radical (unpaired) electrons. The van der Waals surface area contributed by atoms with Crippen LogP contribution in [0.1, 0.15) is 6.92 Å². The number of rotatable bonds is 3. The SMILES string of the molecule is CC(=O)NCCn1ccc2c[c]ccc21.